The highest BCUT2D eigenvalue weighted by Crippen LogP contribution is 2.38. The first-order valence-electron chi connectivity index (χ1n) is 9.71. The van der Waals surface area contributed by atoms with Gasteiger partial charge in [-0.3, -0.25) is 0 Å². The molecule has 0 N–H and O–H groups in total. The second kappa shape index (κ2) is 6.78. The first kappa shape index (κ1) is 17.4. The van der Waals surface area contributed by atoms with E-state index in [4.69, 9.17) is 14.4 Å². The van der Waals surface area contributed by atoms with Gasteiger partial charge in [-0.15, -0.1) is 0 Å². The number of aromatic nitrogens is 2. The maximum atomic E-state index is 6.13. The largest absolute Gasteiger partial charge is 0.436 e. The molecule has 4 aromatic carbocycles. The van der Waals surface area contributed by atoms with Crippen molar-refractivity contribution >= 4 is 48.7 Å². The molecule has 4 heteroatoms. The van der Waals surface area contributed by atoms with E-state index in [9.17, 15) is 0 Å². The fourth-order valence-electron chi connectivity index (χ4n) is 3.96. The molecular formula is C26H15BrN2O. The van der Waals surface area contributed by atoms with Crippen LogP contribution in [0.2, 0.25) is 0 Å². The van der Waals surface area contributed by atoms with Gasteiger partial charge in [-0.25, -0.2) is 9.97 Å². The summed E-state index contributed by atoms with van der Waals surface area (Å²) in [5.41, 5.74) is 5.57. The van der Waals surface area contributed by atoms with Gasteiger partial charge in [0, 0.05) is 31.8 Å². The summed E-state index contributed by atoms with van der Waals surface area (Å²) in [5.74, 6) is 0.629. The van der Waals surface area contributed by atoms with Gasteiger partial charge in [-0.05, 0) is 42.5 Å². The highest BCUT2D eigenvalue weighted by atomic mass is 79.9. The molecule has 3 nitrogen and oxygen atoms in total. The Morgan fingerprint density at radius 3 is 2.23 bits per heavy atom. The molecule has 6 aromatic rings. The molecule has 0 radical (unpaired) electrons. The van der Waals surface area contributed by atoms with Crippen molar-refractivity contribution in [3.05, 3.63) is 95.5 Å². The second-order valence-corrected chi connectivity index (χ2v) is 8.12. The monoisotopic (exact) mass is 450 g/mol. The summed E-state index contributed by atoms with van der Waals surface area (Å²) in [7, 11) is 0. The SMILES string of the molecule is Brc1ccc(-c2nc3ccccc3c3c2ccc2oc(-c4ccccc4)nc23)cc1. The van der Waals surface area contributed by atoms with E-state index in [1.807, 2.05) is 66.7 Å². The van der Waals surface area contributed by atoms with Crippen LogP contribution in [-0.4, -0.2) is 9.97 Å². The van der Waals surface area contributed by atoms with Crippen molar-refractivity contribution in [3.8, 4) is 22.7 Å². The third-order valence-corrected chi connectivity index (χ3v) is 5.89. The molecular weight excluding hydrogens is 436 g/mol. The lowest BCUT2D eigenvalue weighted by Gasteiger charge is -2.10. The molecule has 2 aromatic heterocycles. The van der Waals surface area contributed by atoms with Gasteiger partial charge in [0.2, 0.25) is 5.89 Å². The fraction of sp³-hybridized carbons (Fsp3) is 0. The van der Waals surface area contributed by atoms with Crippen LogP contribution >= 0.6 is 15.9 Å². The van der Waals surface area contributed by atoms with Gasteiger partial charge in [0.15, 0.2) is 5.58 Å². The summed E-state index contributed by atoms with van der Waals surface area (Å²) in [4.78, 5) is 9.91. The number of hydrogen-bond acceptors (Lipinski definition) is 3. The normalized spacial score (nSPS) is 11.5. The van der Waals surface area contributed by atoms with Crippen LogP contribution in [0.25, 0.3) is 55.5 Å². The molecule has 0 bridgehead atoms. The van der Waals surface area contributed by atoms with Crippen molar-refractivity contribution in [1.29, 1.82) is 0 Å². The molecule has 0 aliphatic rings. The molecule has 0 atom stereocenters. The Balaban J connectivity index is 1.73. The maximum Gasteiger partial charge on any atom is 0.227 e. The molecule has 2 heterocycles. The molecule has 30 heavy (non-hydrogen) atoms. The molecule has 0 unspecified atom stereocenters. The second-order valence-electron chi connectivity index (χ2n) is 7.20. The van der Waals surface area contributed by atoms with E-state index in [0.29, 0.717) is 5.89 Å². The van der Waals surface area contributed by atoms with Gasteiger partial charge in [0.1, 0.15) is 5.52 Å². The van der Waals surface area contributed by atoms with Crippen LogP contribution < -0.4 is 0 Å². The van der Waals surface area contributed by atoms with Crippen molar-refractivity contribution < 1.29 is 4.42 Å². The zero-order valence-electron chi connectivity index (χ0n) is 15.8. The smallest absolute Gasteiger partial charge is 0.227 e. The number of rotatable bonds is 2. The molecule has 0 spiro atoms. The van der Waals surface area contributed by atoms with Crippen LogP contribution in [0, 0.1) is 0 Å². The number of fused-ring (bicyclic) bond motifs is 5. The Bertz CT molecular complexity index is 1540. The first-order chi connectivity index (χ1) is 14.8. The van der Waals surface area contributed by atoms with E-state index >= 15 is 0 Å². The van der Waals surface area contributed by atoms with Crippen LogP contribution in [0.5, 0.6) is 0 Å². The number of benzene rings is 4. The van der Waals surface area contributed by atoms with E-state index in [2.05, 4.69) is 40.2 Å². The van der Waals surface area contributed by atoms with Crippen LogP contribution in [-0.2, 0) is 0 Å². The quantitative estimate of drug-likeness (QED) is 0.254. The minimum atomic E-state index is 0.629. The summed E-state index contributed by atoms with van der Waals surface area (Å²) in [5, 5.41) is 3.21. The highest BCUT2D eigenvalue weighted by Gasteiger charge is 2.17. The molecule has 6 rings (SSSR count). The van der Waals surface area contributed by atoms with Crippen molar-refractivity contribution in [2.45, 2.75) is 0 Å². The zero-order valence-corrected chi connectivity index (χ0v) is 17.4. The Morgan fingerprint density at radius 1 is 0.633 bits per heavy atom. The lowest BCUT2D eigenvalue weighted by Crippen LogP contribution is -1.90. The number of para-hydroxylation sites is 1. The molecule has 0 saturated carbocycles. The van der Waals surface area contributed by atoms with Crippen molar-refractivity contribution in [2.24, 2.45) is 0 Å². The highest BCUT2D eigenvalue weighted by molar-refractivity contribution is 9.10. The van der Waals surface area contributed by atoms with Crippen molar-refractivity contribution in [3.63, 3.8) is 0 Å². The van der Waals surface area contributed by atoms with E-state index in [-0.39, 0.29) is 0 Å². The van der Waals surface area contributed by atoms with Crippen LogP contribution in [0.4, 0.5) is 0 Å². The summed E-state index contributed by atoms with van der Waals surface area (Å²) in [6.07, 6.45) is 0. The fourth-order valence-corrected chi connectivity index (χ4v) is 4.22. The van der Waals surface area contributed by atoms with E-state index < -0.39 is 0 Å². The molecule has 0 aliphatic carbocycles. The number of oxazole rings is 1. The average Bonchev–Trinajstić information content (AvgIpc) is 3.24. The Hall–Kier alpha value is -3.50. The Kier molecular flexibility index (Phi) is 3.93. The van der Waals surface area contributed by atoms with E-state index in [1.165, 1.54) is 0 Å². The van der Waals surface area contributed by atoms with Gasteiger partial charge in [0.05, 0.1) is 11.2 Å². The van der Waals surface area contributed by atoms with Gasteiger partial charge in [-0.2, -0.15) is 0 Å². The minimum absolute atomic E-state index is 0.629. The molecule has 0 saturated heterocycles. The number of hydrogen-bond donors (Lipinski definition) is 0. The summed E-state index contributed by atoms with van der Waals surface area (Å²) in [6, 6.07) is 30.6. The molecule has 0 aliphatic heterocycles. The number of pyridine rings is 1. The molecule has 0 fully saturated rings. The van der Waals surface area contributed by atoms with Gasteiger partial charge in [0.25, 0.3) is 0 Å². The lowest BCUT2D eigenvalue weighted by atomic mass is 9.99. The van der Waals surface area contributed by atoms with Gasteiger partial charge >= 0.3 is 0 Å². The topological polar surface area (TPSA) is 38.9 Å². The summed E-state index contributed by atoms with van der Waals surface area (Å²) < 4.78 is 7.18. The third kappa shape index (κ3) is 2.72. The van der Waals surface area contributed by atoms with Crippen molar-refractivity contribution in [1.82, 2.24) is 9.97 Å². The van der Waals surface area contributed by atoms with Crippen molar-refractivity contribution in [2.75, 3.05) is 0 Å². The van der Waals surface area contributed by atoms with Crippen LogP contribution in [0.3, 0.4) is 0 Å². The average molecular weight is 451 g/mol. The number of halogens is 1. The number of nitrogens with zero attached hydrogens (tertiary/aromatic N) is 2. The standard InChI is InChI=1S/C26H15BrN2O/c27-18-12-10-16(11-13-18)24-20-14-15-22-25(23(20)19-8-4-5-9-21(19)28-24)29-26(30-22)17-6-2-1-3-7-17/h1-15H. The third-order valence-electron chi connectivity index (χ3n) is 5.36. The van der Waals surface area contributed by atoms with Gasteiger partial charge < -0.3 is 4.42 Å². The zero-order chi connectivity index (χ0) is 20.1. The molecule has 142 valence electrons. The predicted octanol–water partition coefficient (Wildman–Crippen LogP) is 7.63. The van der Waals surface area contributed by atoms with E-state index in [1.54, 1.807) is 0 Å². The Morgan fingerprint density at radius 2 is 1.40 bits per heavy atom. The summed E-state index contributed by atoms with van der Waals surface area (Å²) in [6.45, 7) is 0. The Labute approximate surface area is 181 Å². The van der Waals surface area contributed by atoms with Crippen LogP contribution in [0.15, 0.2) is 99.9 Å². The van der Waals surface area contributed by atoms with Crippen LogP contribution in [0.1, 0.15) is 0 Å². The first-order valence-corrected chi connectivity index (χ1v) is 10.5. The minimum Gasteiger partial charge on any atom is -0.436 e. The predicted molar refractivity (Wildman–Crippen MR) is 125 cm³/mol. The molecule has 0 amide bonds. The van der Waals surface area contributed by atoms with Gasteiger partial charge in [-0.1, -0.05) is 64.5 Å². The van der Waals surface area contributed by atoms with E-state index in [0.717, 1.165) is 54.1 Å². The maximum absolute atomic E-state index is 6.13. The lowest BCUT2D eigenvalue weighted by molar-refractivity contribution is 0.620. The summed E-state index contributed by atoms with van der Waals surface area (Å²) >= 11 is 3.52.